The second-order valence-corrected chi connectivity index (χ2v) is 4.60. The maximum atomic E-state index is 5.80. The lowest BCUT2D eigenvalue weighted by molar-refractivity contribution is 0.731. The normalized spacial score (nSPS) is 10.9. The zero-order chi connectivity index (χ0) is 10.3. The lowest BCUT2D eigenvalue weighted by atomic mass is 10.1. The van der Waals surface area contributed by atoms with E-state index in [0.29, 0.717) is 4.47 Å². The molecular weight excluding hydrogens is 218 g/mol. The summed E-state index contributed by atoms with van der Waals surface area (Å²) in [6, 6.07) is 0. The van der Waals surface area contributed by atoms with Crippen LogP contribution in [0.3, 0.4) is 0 Å². The van der Waals surface area contributed by atoms with E-state index in [1.165, 1.54) is 11.3 Å². The van der Waals surface area contributed by atoms with Gasteiger partial charge in [-0.3, -0.25) is 4.68 Å². The van der Waals surface area contributed by atoms with Crippen molar-refractivity contribution in [3.8, 4) is 11.3 Å². The molecule has 14 heavy (non-hydrogen) atoms. The van der Waals surface area contributed by atoms with Crippen molar-refractivity contribution in [1.29, 1.82) is 0 Å². The van der Waals surface area contributed by atoms with Crippen LogP contribution in [0, 0.1) is 13.8 Å². The van der Waals surface area contributed by atoms with E-state index >= 15 is 0 Å². The van der Waals surface area contributed by atoms with Gasteiger partial charge in [0, 0.05) is 23.7 Å². The Bertz CT molecular complexity index is 472. The predicted molar refractivity (Wildman–Crippen MR) is 58.8 cm³/mol. The van der Waals surface area contributed by atoms with Crippen molar-refractivity contribution in [2.24, 2.45) is 7.05 Å². The van der Waals surface area contributed by atoms with Crippen molar-refractivity contribution in [3.63, 3.8) is 0 Å². The van der Waals surface area contributed by atoms with Crippen LogP contribution in [0.5, 0.6) is 0 Å². The fourth-order valence-electron chi connectivity index (χ4n) is 1.51. The van der Waals surface area contributed by atoms with Crippen molar-refractivity contribution >= 4 is 22.9 Å². The van der Waals surface area contributed by atoms with Gasteiger partial charge in [0.2, 0.25) is 0 Å². The Hall–Kier alpha value is -0.870. The molecule has 2 rings (SSSR count). The van der Waals surface area contributed by atoms with Gasteiger partial charge in [0.1, 0.15) is 0 Å². The third-order valence-corrected chi connectivity index (χ3v) is 3.22. The number of hydrogen-bond donors (Lipinski definition) is 0. The first-order valence-electron chi connectivity index (χ1n) is 4.21. The average Bonchev–Trinajstić information content (AvgIpc) is 2.60. The van der Waals surface area contributed by atoms with Gasteiger partial charge < -0.3 is 0 Å². The van der Waals surface area contributed by atoms with Crippen molar-refractivity contribution in [1.82, 2.24) is 14.8 Å². The molecule has 5 heteroatoms. The fourth-order valence-corrected chi connectivity index (χ4v) is 2.27. The SMILES string of the molecule is Cc1nn(C)c(C)c1-c1csc(Cl)n1. The summed E-state index contributed by atoms with van der Waals surface area (Å²) in [7, 11) is 1.93. The summed E-state index contributed by atoms with van der Waals surface area (Å²) in [5, 5.41) is 6.29. The Labute approximate surface area is 91.4 Å². The van der Waals surface area contributed by atoms with Gasteiger partial charge in [-0.25, -0.2) is 4.98 Å². The van der Waals surface area contributed by atoms with Crippen LogP contribution in [-0.2, 0) is 7.05 Å². The highest BCUT2D eigenvalue weighted by Crippen LogP contribution is 2.29. The topological polar surface area (TPSA) is 30.7 Å². The molecule has 0 aromatic carbocycles. The van der Waals surface area contributed by atoms with Crippen LogP contribution in [-0.4, -0.2) is 14.8 Å². The number of hydrogen-bond acceptors (Lipinski definition) is 3. The van der Waals surface area contributed by atoms with Gasteiger partial charge >= 0.3 is 0 Å². The minimum absolute atomic E-state index is 0.572. The van der Waals surface area contributed by atoms with E-state index in [0.717, 1.165) is 22.6 Å². The number of nitrogens with zero attached hydrogens (tertiary/aromatic N) is 3. The highest BCUT2D eigenvalue weighted by atomic mass is 35.5. The summed E-state index contributed by atoms with van der Waals surface area (Å²) in [6.45, 7) is 4.01. The van der Waals surface area contributed by atoms with Crippen LogP contribution in [0.25, 0.3) is 11.3 Å². The second kappa shape index (κ2) is 3.37. The maximum Gasteiger partial charge on any atom is 0.184 e. The first-order valence-corrected chi connectivity index (χ1v) is 5.47. The van der Waals surface area contributed by atoms with E-state index in [1.54, 1.807) is 0 Å². The molecule has 0 atom stereocenters. The molecule has 0 bridgehead atoms. The third-order valence-electron chi connectivity index (χ3n) is 2.24. The monoisotopic (exact) mass is 227 g/mol. The molecule has 0 saturated heterocycles. The molecule has 0 amide bonds. The molecule has 0 radical (unpaired) electrons. The molecule has 2 heterocycles. The Balaban J connectivity index is 2.61. The highest BCUT2D eigenvalue weighted by molar-refractivity contribution is 7.14. The fraction of sp³-hybridized carbons (Fsp3) is 0.333. The molecular formula is C9H10ClN3S. The van der Waals surface area contributed by atoms with Gasteiger partial charge in [0.15, 0.2) is 4.47 Å². The lowest BCUT2D eigenvalue weighted by Crippen LogP contribution is -1.92. The molecule has 0 fully saturated rings. The van der Waals surface area contributed by atoms with Gasteiger partial charge in [-0.15, -0.1) is 11.3 Å². The first-order chi connectivity index (χ1) is 6.59. The molecule has 0 aliphatic rings. The predicted octanol–water partition coefficient (Wildman–Crippen LogP) is 2.81. The molecule has 0 saturated carbocycles. The molecule has 74 valence electrons. The number of aromatic nitrogens is 3. The highest BCUT2D eigenvalue weighted by Gasteiger charge is 2.13. The molecule has 0 N–H and O–H groups in total. The molecule has 0 spiro atoms. The number of halogens is 1. The molecule has 0 unspecified atom stereocenters. The summed E-state index contributed by atoms with van der Waals surface area (Å²) >= 11 is 7.25. The van der Waals surface area contributed by atoms with Crippen molar-refractivity contribution in [2.75, 3.05) is 0 Å². The molecule has 2 aromatic heterocycles. The van der Waals surface area contributed by atoms with E-state index in [1.807, 2.05) is 31.0 Å². The van der Waals surface area contributed by atoms with Crippen molar-refractivity contribution < 1.29 is 0 Å². The van der Waals surface area contributed by atoms with Crippen LogP contribution >= 0.6 is 22.9 Å². The molecule has 0 aliphatic carbocycles. The van der Waals surface area contributed by atoms with Crippen molar-refractivity contribution in [3.05, 3.63) is 21.2 Å². The van der Waals surface area contributed by atoms with Gasteiger partial charge in [-0.2, -0.15) is 5.10 Å². The minimum Gasteiger partial charge on any atom is -0.272 e. The summed E-state index contributed by atoms with van der Waals surface area (Å²) in [6.07, 6.45) is 0. The lowest BCUT2D eigenvalue weighted by Gasteiger charge is -1.96. The van der Waals surface area contributed by atoms with Gasteiger partial charge in [0.05, 0.1) is 11.4 Å². The van der Waals surface area contributed by atoms with E-state index in [2.05, 4.69) is 10.1 Å². The number of aryl methyl sites for hydroxylation is 2. The summed E-state index contributed by atoms with van der Waals surface area (Å²) in [4.78, 5) is 4.25. The van der Waals surface area contributed by atoms with Crippen molar-refractivity contribution in [2.45, 2.75) is 13.8 Å². The Morgan fingerprint density at radius 2 is 2.14 bits per heavy atom. The average molecular weight is 228 g/mol. The van der Waals surface area contributed by atoms with Crippen LogP contribution in [0.15, 0.2) is 5.38 Å². The van der Waals surface area contributed by atoms with E-state index < -0.39 is 0 Å². The summed E-state index contributed by atoms with van der Waals surface area (Å²) in [5.74, 6) is 0. The van der Waals surface area contributed by atoms with Gasteiger partial charge in [-0.05, 0) is 13.8 Å². The Morgan fingerprint density at radius 1 is 1.43 bits per heavy atom. The molecule has 3 nitrogen and oxygen atoms in total. The largest absolute Gasteiger partial charge is 0.272 e. The van der Waals surface area contributed by atoms with Crippen LogP contribution in [0.1, 0.15) is 11.4 Å². The quantitative estimate of drug-likeness (QED) is 0.750. The summed E-state index contributed by atoms with van der Waals surface area (Å²) in [5.41, 5.74) is 4.12. The smallest absolute Gasteiger partial charge is 0.184 e. The molecule has 2 aromatic rings. The first kappa shape index (κ1) is 9.68. The van der Waals surface area contributed by atoms with Gasteiger partial charge in [0.25, 0.3) is 0 Å². The molecule has 0 aliphatic heterocycles. The van der Waals surface area contributed by atoms with E-state index in [4.69, 9.17) is 11.6 Å². The van der Waals surface area contributed by atoms with Gasteiger partial charge in [-0.1, -0.05) is 11.6 Å². The van der Waals surface area contributed by atoms with E-state index in [-0.39, 0.29) is 0 Å². The second-order valence-electron chi connectivity index (χ2n) is 3.16. The standard InChI is InChI=1S/C9H10ClN3S/c1-5-8(6(2)13(3)12-5)7-4-14-9(10)11-7/h4H,1-3H3. The third kappa shape index (κ3) is 1.44. The number of rotatable bonds is 1. The Morgan fingerprint density at radius 3 is 2.57 bits per heavy atom. The zero-order valence-corrected chi connectivity index (χ0v) is 9.78. The zero-order valence-electron chi connectivity index (χ0n) is 8.21. The summed E-state index contributed by atoms with van der Waals surface area (Å²) < 4.78 is 2.43. The van der Waals surface area contributed by atoms with E-state index in [9.17, 15) is 0 Å². The van der Waals surface area contributed by atoms with Crippen LogP contribution < -0.4 is 0 Å². The maximum absolute atomic E-state index is 5.80. The minimum atomic E-state index is 0.572. The van der Waals surface area contributed by atoms with Crippen LogP contribution in [0.2, 0.25) is 4.47 Å². The Kier molecular flexibility index (Phi) is 2.33. The number of thiazole rings is 1. The van der Waals surface area contributed by atoms with Crippen LogP contribution in [0.4, 0.5) is 0 Å².